The van der Waals surface area contributed by atoms with Crippen LogP contribution >= 0.6 is 15.9 Å². The Morgan fingerprint density at radius 2 is 1.75 bits per heavy atom. The molecule has 0 saturated carbocycles. The molecule has 0 radical (unpaired) electrons. The fraction of sp³-hybridized carbons (Fsp3) is 0. The van der Waals surface area contributed by atoms with Crippen molar-refractivity contribution in [1.29, 1.82) is 0 Å². The SMILES string of the molecule is Nc1ccc2c(Br)cn(S(=O)(=O)c3ccccc3)c2c1. The molecule has 0 bridgehead atoms. The number of nitrogens with zero attached hydrogens (tertiary/aromatic N) is 1. The third-order valence-electron chi connectivity index (χ3n) is 3.05. The van der Waals surface area contributed by atoms with Gasteiger partial charge in [-0.2, -0.15) is 0 Å². The van der Waals surface area contributed by atoms with Crippen LogP contribution in [0.1, 0.15) is 0 Å². The number of aromatic nitrogens is 1. The summed E-state index contributed by atoms with van der Waals surface area (Å²) in [6.45, 7) is 0. The van der Waals surface area contributed by atoms with Crippen molar-refractivity contribution < 1.29 is 8.42 Å². The van der Waals surface area contributed by atoms with Gasteiger partial charge in [-0.1, -0.05) is 18.2 Å². The van der Waals surface area contributed by atoms with Crippen LogP contribution in [0.3, 0.4) is 0 Å². The fourth-order valence-corrected chi connectivity index (χ4v) is 4.14. The van der Waals surface area contributed by atoms with E-state index in [1.54, 1.807) is 54.7 Å². The molecule has 6 heteroatoms. The molecule has 0 fully saturated rings. The number of halogens is 1. The summed E-state index contributed by atoms with van der Waals surface area (Å²) < 4.78 is 27.3. The molecule has 4 nitrogen and oxygen atoms in total. The lowest BCUT2D eigenvalue weighted by molar-refractivity contribution is 0.589. The van der Waals surface area contributed by atoms with Crippen LogP contribution in [0.5, 0.6) is 0 Å². The van der Waals surface area contributed by atoms with Crippen LogP contribution in [0.15, 0.2) is 64.1 Å². The van der Waals surface area contributed by atoms with Gasteiger partial charge in [-0.25, -0.2) is 12.4 Å². The first-order valence-electron chi connectivity index (χ1n) is 5.87. The topological polar surface area (TPSA) is 65.1 Å². The van der Waals surface area contributed by atoms with Gasteiger partial charge in [0.15, 0.2) is 0 Å². The maximum atomic E-state index is 12.7. The molecule has 1 aromatic heterocycles. The largest absolute Gasteiger partial charge is 0.399 e. The first kappa shape index (κ1) is 13.2. The van der Waals surface area contributed by atoms with E-state index in [-0.39, 0.29) is 4.90 Å². The van der Waals surface area contributed by atoms with Crippen LogP contribution < -0.4 is 5.73 Å². The number of rotatable bonds is 2. The van der Waals surface area contributed by atoms with E-state index in [4.69, 9.17) is 5.73 Å². The summed E-state index contributed by atoms with van der Waals surface area (Å²) in [6.07, 6.45) is 1.55. The lowest BCUT2D eigenvalue weighted by Crippen LogP contribution is -2.11. The van der Waals surface area contributed by atoms with Gasteiger partial charge in [-0.3, -0.25) is 0 Å². The van der Waals surface area contributed by atoms with Gasteiger partial charge in [0, 0.05) is 21.7 Å². The van der Waals surface area contributed by atoms with Crippen LogP contribution in [-0.2, 0) is 10.0 Å². The first-order valence-corrected chi connectivity index (χ1v) is 8.10. The van der Waals surface area contributed by atoms with Gasteiger partial charge in [-0.05, 0) is 46.3 Å². The molecular formula is C14H11BrN2O2S. The minimum Gasteiger partial charge on any atom is -0.399 e. The van der Waals surface area contributed by atoms with E-state index in [2.05, 4.69) is 15.9 Å². The lowest BCUT2D eigenvalue weighted by atomic mass is 10.2. The second-order valence-electron chi connectivity index (χ2n) is 4.37. The zero-order chi connectivity index (χ0) is 14.3. The Morgan fingerprint density at radius 3 is 2.45 bits per heavy atom. The highest BCUT2D eigenvalue weighted by Gasteiger charge is 2.20. The first-order chi connectivity index (χ1) is 9.50. The van der Waals surface area contributed by atoms with Crippen molar-refractivity contribution in [3.8, 4) is 0 Å². The highest BCUT2D eigenvalue weighted by atomic mass is 79.9. The maximum Gasteiger partial charge on any atom is 0.268 e. The summed E-state index contributed by atoms with van der Waals surface area (Å²) in [4.78, 5) is 0.242. The van der Waals surface area contributed by atoms with E-state index < -0.39 is 10.0 Å². The second kappa shape index (κ2) is 4.64. The lowest BCUT2D eigenvalue weighted by Gasteiger charge is -2.07. The quantitative estimate of drug-likeness (QED) is 0.721. The van der Waals surface area contributed by atoms with Crippen LogP contribution in [0.25, 0.3) is 10.9 Å². The Kier molecular flexibility index (Phi) is 3.07. The van der Waals surface area contributed by atoms with Gasteiger partial charge in [0.25, 0.3) is 10.0 Å². The zero-order valence-corrected chi connectivity index (χ0v) is 12.7. The van der Waals surface area contributed by atoms with Gasteiger partial charge >= 0.3 is 0 Å². The Balaban J connectivity index is 2.33. The van der Waals surface area contributed by atoms with Crippen molar-refractivity contribution >= 4 is 42.5 Å². The van der Waals surface area contributed by atoms with Crippen molar-refractivity contribution in [3.63, 3.8) is 0 Å². The average molecular weight is 351 g/mol. The van der Waals surface area contributed by atoms with Crippen LogP contribution in [0.4, 0.5) is 5.69 Å². The molecule has 0 atom stereocenters. The Hall–Kier alpha value is -1.79. The minimum absolute atomic E-state index is 0.242. The zero-order valence-electron chi connectivity index (χ0n) is 10.3. The van der Waals surface area contributed by atoms with E-state index in [0.29, 0.717) is 15.7 Å². The van der Waals surface area contributed by atoms with Gasteiger partial charge in [0.05, 0.1) is 10.4 Å². The van der Waals surface area contributed by atoms with Crippen molar-refractivity contribution in [3.05, 3.63) is 59.2 Å². The Labute approximate surface area is 125 Å². The average Bonchev–Trinajstić information content (AvgIpc) is 2.77. The molecule has 0 aliphatic heterocycles. The molecule has 3 aromatic rings. The van der Waals surface area contributed by atoms with Gasteiger partial charge in [-0.15, -0.1) is 0 Å². The second-order valence-corrected chi connectivity index (χ2v) is 7.04. The summed E-state index contributed by atoms with van der Waals surface area (Å²) in [5.74, 6) is 0. The predicted molar refractivity (Wildman–Crippen MR) is 83.1 cm³/mol. The maximum absolute atomic E-state index is 12.7. The molecule has 0 aliphatic carbocycles. The summed E-state index contributed by atoms with van der Waals surface area (Å²) in [6, 6.07) is 13.5. The number of nitrogen functional groups attached to an aromatic ring is 1. The molecule has 0 unspecified atom stereocenters. The van der Waals surface area contributed by atoms with E-state index in [0.717, 1.165) is 5.39 Å². The third-order valence-corrected chi connectivity index (χ3v) is 5.37. The number of hydrogen-bond donors (Lipinski definition) is 1. The molecular weight excluding hydrogens is 340 g/mol. The van der Waals surface area contributed by atoms with Crippen molar-refractivity contribution in [1.82, 2.24) is 3.97 Å². The van der Waals surface area contributed by atoms with Crippen molar-refractivity contribution in [2.75, 3.05) is 5.73 Å². The summed E-state index contributed by atoms with van der Waals surface area (Å²) in [7, 11) is -3.63. The van der Waals surface area contributed by atoms with Gasteiger partial charge < -0.3 is 5.73 Å². The highest BCUT2D eigenvalue weighted by molar-refractivity contribution is 9.10. The molecule has 0 saturated heterocycles. The summed E-state index contributed by atoms with van der Waals surface area (Å²) >= 11 is 3.38. The molecule has 102 valence electrons. The molecule has 20 heavy (non-hydrogen) atoms. The summed E-state index contributed by atoms with van der Waals surface area (Å²) in [5, 5.41) is 0.804. The normalized spacial score (nSPS) is 11.8. The number of fused-ring (bicyclic) bond motifs is 1. The third kappa shape index (κ3) is 2.01. The molecule has 0 spiro atoms. The molecule has 1 heterocycles. The van der Waals surface area contributed by atoms with Gasteiger partial charge in [0.2, 0.25) is 0 Å². The summed E-state index contributed by atoms with van der Waals surface area (Å²) in [5.41, 5.74) is 6.84. The number of benzene rings is 2. The Bertz CT molecular complexity index is 886. The van der Waals surface area contributed by atoms with Crippen molar-refractivity contribution in [2.45, 2.75) is 4.90 Å². The van der Waals surface area contributed by atoms with E-state index >= 15 is 0 Å². The molecule has 0 amide bonds. The predicted octanol–water partition coefficient (Wildman–Crippen LogP) is 3.22. The van der Waals surface area contributed by atoms with E-state index in [9.17, 15) is 8.42 Å². The minimum atomic E-state index is -3.63. The standard InChI is InChI=1S/C14H11BrN2O2S/c15-13-9-17(14-8-10(16)6-7-12(13)14)20(18,19)11-4-2-1-3-5-11/h1-9H,16H2. The van der Waals surface area contributed by atoms with Crippen LogP contribution in [0, 0.1) is 0 Å². The van der Waals surface area contributed by atoms with Crippen molar-refractivity contribution in [2.24, 2.45) is 0 Å². The smallest absolute Gasteiger partial charge is 0.268 e. The molecule has 2 N–H and O–H groups in total. The van der Waals surface area contributed by atoms with E-state index in [1.165, 1.54) is 3.97 Å². The number of hydrogen-bond acceptors (Lipinski definition) is 3. The molecule has 0 aliphatic rings. The number of anilines is 1. The van der Waals surface area contributed by atoms with Crippen LogP contribution in [0.2, 0.25) is 0 Å². The highest BCUT2D eigenvalue weighted by Crippen LogP contribution is 2.30. The van der Waals surface area contributed by atoms with E-state index in [1.807, 2.05) is 0 Å². The molecule has 3 rings (SSSR count). The van der Waals surface area contributed by atoms with Gasteiger partial charge in [0.1, 0.15) is 0 Å². The molecule has 2 aromatic carbocycles. The van der Waals surface area contributed by atoms with Crippen LogP contribution in [-0.4, -0.2) is 12.4 Å². The Morgan fingerprint density at radius 1 is 1.05 bits per heavy atom. The monoisotopic (exact) mass is 350 g/mol. The number of nitrogens with two attached hydrogens (primary N) is 1. The fourth-order valence-electron chi connectivity index (χ4n) is 2.08.